The van der Waals surface area contributed by atoms with Crippen LogP contribution in [-0.2, 0) is 16.1 Å². The Kier molecular flexibility index (Phi) is 9.55. The molecule has 0 fully saturated rings. The Balaban J connectivity index is 0.000000646. The maximum absolute atomic E-state index is 12.7. The van der Waals surface area contributed by atoms with Crippen molar-refractivity contribution in [3.05, 3.63) is 73.7 Å². The Morgan fingerprint density at radius 1 is 1.22 bits per heavy atom. The van der Waals surface area contributed by atoms with Crippen LogP contribution in [0.3, 0.4) is 0 Å². The van der Waals surface area contributed by atoms with Gasteiger partial charge in [0.25, 0.3) is 12.1 Å². The fourth-order valence-electron chi connectivity index (χ4n) is 1.93. The SMILES string of the molecule is CP(=O)(O)O.O=[N+]([O-])c1ccccc1CSCc1ccc(C(F)F)c(Br)c1. The lowest BCUT2D eigenvalue weighted by molar-refractivity contribution is -0.385. The molecule has 148 valence electrons. The van der Waals surface area contributed by atoms with E-state index in [1.807, 2.05) is 0 Å². The first-order chi connectivity index (χ1) is 12.5. The van der Waals surface area contributed by atoms with Crippen LogP contribution >= 0.6 is 35.3 Å². The van der Waals surface area contributed by atoms with E-state index in [1.165, 1.54) is 23.9 Å². The van der Waals surface area contributed by atoms with Crippen molar-refractivity contribution in [2.24, 2.45) is 0 Å². The topological polar surface area (TPSA) is 101 Å². The third-order valence-electron chi connectivity index (χ3n) is 3.01. The molecule has 0 aliphatic heterocycles. The molecule has 0 saturated carbocycles. The van der Waals surface area contributed by atoms with Crippen molar-refractivity contribution in [1.82, 2.24) is 0 Å². The first-order valence-corrected chi connectivity index (χ1v) is 11.4. The van der Waals surface area contributed by atoms with Crippen LogP contribution in [-0.4, -0.2) is 21.4 Å². The molecule has 2 aromatic carbocycles. The van der Waals surface area contributed by atoms with Crippen LogP contribution in [0.15, 0.2) is 46.9 Å². The lowest BCUT2D eigenvalue weighted by Crippen LogP contribution is -1.94. The summed E-state index contributed by atoms with van der Waals surface area (Å²) >= 11 is 4.64. The highest BCUT2D eigenvalue weighted by Gasteiger charge is 2.13. The molecule has 0 atom stereocenters. The summed E-state index contributed by atoms with van der Waals surface area (Å²) in [6.07, 6.45) is -2.51. The summed E-state index contributed by atoms with van der Waals surface area (Å²) in [5, 5.41) is 10.9. The Morgan fingerprint density at radius 3 is 2.33 bits per heavy atom. The van der Waals surface area contributed by atoms with Gasteiger partial charge in [-0.3, -0.25) is 14.7 Å². The largest absolute Gasteiger partial charge is 0.325 e. The number of nitro groups is 1. The first-order valence-electron chi connectivity index (χ1n) is 7.38. The molecule has 11 heteroatoms. The molecule has 0 amide bonds. The van der Waals surface area contributed by atoms with Gasteiger partial charge in [-0.05, 0) is 11.6 Å². The van der Waals surface area contributed by atoms with Gasteiger partial charge >= 0.3 is 7.60 Å². The van der Waals surface area contributed by atoms with E-state index in [0.717, 1.165) is 12.2 Å². The van der Waals surface area contributed by atoms with E-state index in [-0.39, 0.29) is 11.3 Å². The van der Waals surface area contributed by atoms with E-state index in [2.05, 4.69) is 15.9 Å². The van der Waals surface area contributed by atoms with Crippen molar-refractivity contribution >= 4 is 41.0 Å². The molecule has 0 bridgehead atoms. The average molecular weight is 484 g/mol. The fraction of sp³-hybridized carbons (Fsp3) is 0.250. The van der Waals surface area contributed by atoms with Gasteiger partial charge in [0.05, 0.1) is 4.92 Å². The van der Waals surface area contributed by atoms with E-state index in [4.69, 9.17) is 9.79 Å². The van der Waals surface area contributed by atoms with Gasteiger partial charge < -0.3 is 9.79 Å². The Bertz CT molecular complexity index is 826. The number of alkyl halides is 2. The van der Waals surface area contributed by atoms with Gasteiger partial charge in [-0.2, -0.15) is 11.8 Å². The van der Waals surface area contributed by atoms with Crippen LogP contribution in [0.1, 0.15) is 23.1 Å². The molecule has 0 aliphatic carbocycles. The standard InChI is InChI=1S/C15H12BrF2NO2S.CH5O3P/c16-13-7-10(5-6-12(13)15(17)18)8-22-9-11-3-1-2-4-14(11)19(20)21;1-5(2,3)4/h1-7,15H,8-9H2;1H3,(H2,2,3,4). The van der Waals surface area contributed by atoms with Crippen LogP contribution in [0.2, 0.25) is 0 Å². The molecule has 0 spiro atoms. The second kappa shape index (κ2) is 10.9. The number of halogens is 3. The zero-order valence-electron chi connectivity index (χ0n) is 14.1. The smallest absolute Gasteiger partial charge is 0.322 e. The quantitative estimate of drug-likeness (QED) is 0.318. The average Bonchev–Trinajstić information content (AvgIpc) is 2.53. The van der Waals surface area contributed by atoms with Crippen LogP contribution in [0.5, 0.6) is 0 Å². The predicted octanol–water partition coefficient (Wildman–Crippen LogP) is 5.52. The number of thioether (sulfide) groups is 1. The highest BCUT2D eigenvalue weighted by Crippen LogP contribution is 2.30. The van der Waals surface area contributed by atoms with Crippen LogP contribution in [0, 0.1) is 10.1 Å². The maximum Gasteiger partial charge on any atom is 0.322 e. The zero-order valence-corrected chi connectivity index (χ0v) is 17.4. The van der Waals surface area contributed by atoms with Crippen molar-refractivity contribution in [3.8, 4) is 0 Å². The molecule has 0 unspecified atom stereocenters. The molecule has 0 radical (unpaired) electrons. The minimum atomic E-state index is -3.64. The third kappa shape index (κ3) is 9.44. The Morgan fingerprint density at radius 2 is 1.81 bits per heavy atom. The van der Waals surface area contributed by atoms with Gasteiger partial charge in [0.2, 0.25) is 0 Å². The van der Waals surface area contributed by atoms with Crippen molar-refractivity contribution < 1.29 is 28.1 Å². The van der Waals surface area contributed by atoms with Gasteiger partial charge in [0.1, 0.15) is 0 Å². The van der Waals surface area contributed by atoms with Crippen LogP contribution in [0.25, 0.3) is 0 Å². The van der Waals surface area contributed by atoms with Crippen molar-refractivity contribution in [1.29, 1.82) is 0 Å². The summed E-state index contributed by atoms with van der Waals surface area (Å²) in [6.45, 7) is 0.854. The van der Waals surface area contributed by atoms with Crippen molar-refractivity contribution in [2.75, 3.05) is 6.66 Å². The van der Waals surface area contributed by atoms with Crippen LogP contribution in [0.4, 0.5) is 14.5 Å². The Hall–Kier alpha value is -1.32. The monoisotopic (exact) mass is 483 g/mol. The van der Waals surface area contributed by atoms with Crippen molar-refractivity contribution in [2.45, 2.75) is 17.9 Å². The van der Waals surface area contributed by atoms with Crippen molar-refractivity contribution in [3.63, 3.8) is 0 Å². The van der Waals surface area contributed by atoms with Gasteiger partial charge in [-0.15, -0.1) is 0 Å². The van der Waals surface area contributed by atoms with E-state index < -0.39 is 18.9 Å². The minimum Gasteiger partial charge on any atom is -0.325 e. The summed E-state index contributed by atoms with van der Waals surface area (Å²) in [5.41, 5.74) is 1.61. The number of hydrogen-bond donors (Lipinski definition) is 2. The van der Waals surface area contributed by atoms with Gasteiger partial charge in [0, 0.05) is 39.8 Å². The lowest BCUT2D eigenvalue weighted by Gasteiger charge is -2.07. The summed E-state index contributed by atoms with van der Waals surface area (Å²) in [4.78, 5) is 25.8. The summed E-state index contributed by atoms with van der Waals surface area (Å²) in [5.74, 6) is 1.08. The maximum atomic E-state index is 12.7. The predicted molar refractivity (Wildman–Crippen MR) is 105 cm³/mol. The first kappa shape index (κ1) is 23.7. The summed E-state index contributed by atoms with van der Waals surface area (Å²) in [6, 6.07) is 11.3. The Labute approximate surface area is 167 Å². The summed E-state index contributed by atoms with van der Waals surface area (Å²) < 4.78 is 35.0. The van der Waals surface area contributed by atoms with E-state index in [1.54, 1.807) is 30.3 Å². The molecule has 0 aliphatic rings. The molecule has 0 heterocycles. The molecule has 2 aromatic rings. The molecule has 0 saturated heterocycles. The number of para-hydroxylation sites is 1. The van der Waals surface area contributed by atoms with Gasteiger partial charge in [0.15, 0.2) is 0 Å². The van der Waals surface area contributed by atoms with E-state index >= 15 is 0 Å². The fourth-order valence-corrected chi connectivity index (χ4v) is 3.51. The molecular formula is C16H17BrF2NO5PS. The second-order valence-corrected chi connectivity index (χ2v) is 8.88. The van der Waals surface area contributed by atoms with Gasteiger partial charge in [-0.25, -0.2) is 8.78 Å². The van der Waals surface area contributed by atoms with E-state index in [9.17, 15) is 23.5 Å². The molecule has 2 N–H and O–H groups in total. The third-order valence-corrected chi connectivity index (χ3v) is 4.75. The highest BCUT2D eigenvalue weighted by molar-refractivity contribution is 9.10. The number of rotatable bonds is 6. The second-order valence-electron chi connectivity index (χ2n) is 5.37. The number of nitro benzene ring substituents is 1. The molecule has 0 aromatic heterocycles. The molecule has 6 nitrogen and oxygen atoms in total. The zero-order chi connectivity index (χ0) is 20.6. The number of hydrogen-bond acceptors (Lipinski definition) is 4. The molecule has 27 heavy (non-hydrogen) atoms. The molecular weight excluding hydrogens is 467 g/mol. The number of benzene rings is 2. The van der Waals surface area contributed by atoms with Crippen LogP contribution < -0.4 is 0 Å². The van der Waals surface area contributed by atoms with Gasteiger partial charge in [-0.1, -0.05) is 46.3 Å². The van der Waals surface area contributed by atoms with E-state index in [0.29, 0.717) is 21.5 Å². The summed E-state index contributed by atoms with van der Waals surface area (Å²) in [7, 11) is -3.64. The highest BCUT2D eigenvalue weighted by atomic mass is 79.9. The number of nitrogens with zero attached hydrogens (tertiary/aromatic N) is 1. The minimum absolute atomic E-state index is 0.0348. The molecule has 2 rings (SSSR count). The lowest BCUT2D eigenvalue weighted by atomic mass is 10.1. The normalized spacial score (nSPS) is 11.1.